The molecule has 0 radical (unpaired) electrons. The van der Waals surface area contributed by atoms with Gasteiger partial charge in [0.05, 0.1) is 5.69 Å². The van der Waals surface area contributed by atoms with Crippen molar-refractivity contribution in [3.05, 3.63) is 29.6 Å². The number of rotatable bonds is 4. The van der Waals surface area contributed by atoms with Gasteiger partial charge in [0.2, 0.25) is 0 Å². The second kappa shape index (κ2) is 5.74. The molecular weight excluding hydrogens is 235 g/mol. The molecule has 1 aliphatic rings. The quantitative estimate of drug-likeness (QED) is 0.888. The van der Waals surface area contributed by atoms with E-state index in [1.54, 1.807) is 6.07 Å². The van der Waals surface area contributed by atoms with Crippen LogP contribution < -0.4 is 10.2 Å². The number of nitrogens with zero attached hydrogens (tertiary/aromatic N) is 1. The molecule has 2 rings (SSSR count). The number of anilines is 1. The summed E-state index contributed by atoms with van der Waals surface area (Å²) in [7, 11) is 3.86. The Morgan fingerprint density at radius 3 is 2.94 bits per heavy atom. The maximum Gasteiger partial charge on any atom is 0.146 e. The Hall–Kier alpha value is -0.740. The van der Waals surface area contributed by atoms with E-state index in [9.17, 15) is 4.39 Å². The summed E-state index contributed by atoms with van der Waals surface area (Å²) in [5, 5.41) is 3.03. The molecule has 0 aliphatic carbocycles. The third-order valence-electron chi connectivity index (χ3n) is 3.23. The number of nitrogens with one attached hydrogen (secondary N) is 1. The first-order chi connectivity index (χ1) is 8.22. The number of hydrogen-bond donors (Lipinski definition) is 1. The van der Waals surface area contributed by atoms with Crippen LogP contribution in [0.5, 0.6) is 0 Å². The van der Waals surface area contributed by atoms with E-state index in [1.165, 1.54) is 5.75 Å². The summed E-state index contributed by atoms with van der Waals surface area (Å²) >= 11 is 1.95. The van der Waals surface area contributed by atoms with Crippen LogP contribution in [0, 0.1) is 5.82 Å². The monoisotopic (exact) mass is 254 g/mol. The smallest absolute Gasteiger partial charge is 0.146 e. The lowest BCUT2D eigenvalue weighted by Gasteiger charge is -2.26. The van der Waals surface area contributed by atoms with Crippen LogP contribution in [0.1, 0.15) is 12.0 Å². The average Bonchev–Trinajstić information content (AvgIpc) is 2.82. The number of hydrogen-bond acceptors (Lipinski definition) is 3. The van der Waals surface area contributed by atoms with Crippen LogP contribution in [0.15, 0.2) is 18.2 Å². The Bertz CT molecular complexity index is 378. The number of benzene rings is 1. The fraction of sp³-hybridized carbons (Fsp3) is 0.538. The Kier molecular flexibility index (Phi) is 4.29. The summed E-state index contributed by atoms with van der Waals surface area (Å²) in [6.07, 6.45) is 1.15. The summed E-state index contributed by atoms with van der Waals surface area (Å²) in [5.74, 6) is 2.18. The molecule has 17 heavy (non-hydrogen) atoms. The van der Waals surface area contributed by atoms with E-state index >= 15 is 0 Å². The maximum atomic E-state index is 14.0. The molecule has 1 aromatic carbocycles. The van der Waals surface area contributed by atoms with Gasteiger partial charge in [-0.05, 0) is 36.9 Å². The van der Waals surface area contributed by atoms with Gasteiger partial charge in [0.1, 0.15) is 5.82 Å². The van der Waals surface area contributed by atoms with Crippen LogP contribution in [0.3, 0.4) is 0 Å². The Morgan fingerprint density at radius 2 is 2.35 bits per heavy atom. The normalized spacial score (nSPS) is 19.6. The van der Waals surface area contributed by atoms with Crippen LogP contribution >= 0.6 is 11.8 Å². The molecule has 1 saturated heterocycles. The lowest BCUT2D eigenvalue weighted by molar-refractivity contribution is 0.604. The molecule has 2 nitrogen and oxygen atoms in total. The van der Waals surface area contributed by atoms with Gasteiger partial charge in [-0.25, -0.2) is 4.39 Å². The SMILES string of the molecule is CNCc1ccc(N(C)C2CCSC2)c(F)c1. The first kappa shape index (κ1) is 12.7. The van der Waals surface area contributed by atoms with Crippen molar-refractivity contribution in [1.29, 1.82) is 0 Å². The van der Waals surface area contributed by atoms with Gasteiger partial charge in [-0.2, -0.15) is 11.8 Å². The number of halogens is 1. The predicted octanol–water partition coefficient (Wildman–Crippen LogP) is 2.49. The minimum atomic E-state index is -0.114. The van der Waals surface area contributed by atoms with E-state index in [2.05, 4.69) is 10.2 Å². The summed E-state index contributed by atoms with van der Waals surface area (Å²) in [5.41, 5.74) is 1.71. The van der Waals surface area contributed by atoms with E-state index in [4.69, 9.17) is 0 Å². The van der Waals surface area contributed by atoms with Crippen molar-refractivity contribution >= 4 is 17.4 Å². The van der Waals surface area contributed by atoms with Gasteiger partial charge in [-0.15, -0.1) is 0 Å². The van der Waals surface area contributed by atoms with Crippen molar-refractivity contribution in [2.45, 2.75) is 19.0 Å². The van der Waals surface area contributed by atoms with E-state index < -0.39 is 0 Å². The molecule has 1 fully saturated rings. The Labute approximate surface area is 107 Å². The highest BCUT2D eigenvalue weighted by atomic mass is 32.2. The first-order valence-electron chi connectivity index (χ1n) is 5.96. The van der Waals surface area contributed by atoms with Gasteiger partial charge < -0.3 is 10.2 Å². The number of thioether (sulfide) groups is 1. The summed E-state index contributed by atoms with van der Waals surface area (Å²) in [4.78, 5) is 2.08. The molecule has 1 heterocycles. The summed E-state index contributed by atoms with van der Waals surface area (Å²) < 4.78 is 14.0. The topological polar surface area (TPSA) is 15.3 Å². The third-order valence-corrected chi connectivity index (χ3v) is 4.37. The predicted molar refractivity (Wildman–Crippen MR) is 73.3 cm³/mol. The molecule has 1 atom stereocenters. The molecule has 0 spiro atoms. The fourth-order valence-electron chi connectivity index (χ4n) is 2.17. The standard InChI is InChI=1S/C13H19FN2S/c1-15-8-10-3-4-13(12(14)7-10)16(2)11-5-6-17-9-11/h3-4,7,11,15H,5-6,8-9H2,1-2H3. The molecule has 1 aromatic rings. The van der Waals surface area contributed by atoms with E-state index in [0.29, 0.717) is 12.6 Å². The molecule has 1 unspecified atom stereocenters. The second-order valence-corrected chi connectivity index (χ2v) is 5.59. The molecule has 0 bridgehead atoms. The summed E-state index contributed by atoms with van der Waals surface area (Å²) in [6, 6.07) is 5.99. The third kappa shape index (κ3) is 2.93. The van der Waals surface area contributed by atoms with E-state index in [0.717, 1.165) is 23.4 Å². The molecule has 4 heteroatoms. The average molecular weight is 254 g/mol. The van der Waals surface area contributed by atoms with Crippen molar-refractivity contribution in [1.82, 2.24) is 5.32 Å². The highest BCUT2D eigenvalue weighted by Crippen LogP contribution is 2.28. The van der Waals surface area contributed by atoms with Crippen molar-refractivity contribution < 1.29 is 4.39 Å². The lowest BCUT2D eigenvalue weighted by atomic mass is 10.1. The van der Waals surface area contributed by atoms with Crippen LogP contribution in [-0.2, 0) is 6.54 Å². The minimum absolute atomic E-state index is 0.114. The van der Waals surface area contributed by atoms with Gasteiger partial charge in [-0.1, -0.05) is 6.07 Å². The molecule has 0 aromatic heterocycles. The molecule has 0 amide bonds. The van der Waals surface area contributed by atoms with Crippen molar-refractivity contribution in [3.8, 4) is 0 Å². The van der Waals surface area contributed by atoms with E-state index in [1.807, 2.05) is 38.0 Å². The van der Waals surface area contributed by atoms with Gasteiger partial charge >= 0.3 is 0 Å². The zero-order chi connectivity index (χ0) is 12.3. The van der Waals surface area contributed by atoms with Crippen molar-refractivity contribution in [3.63, 3.8) is 0 Å². The minimum Gasteiger partial charge on any atom is -0.368 e. The van der Waals surface area contributed by atoms with Gasteiger partial charge in [0.15, 0.2) is 0 Å². The Morgan fingerprint density at radius 1 is 1.53 bits per heavy atom. The van der Waals surface area contributed by atoms with E-state index in [-0.39, 0.29) is 5.82 Å². The zero-order valence-electron chi connectivity index (χ0n) is 10.4. The molecule has 1 aliphatic heterocycles. The molecule has 94 valence electrons. The van der Waals surface area contributed by atoms with Crippen LogP contribution in [0.25, 0.3) is 0 Å². The fourth-order valence-corrected chi connectivity index (χ4v) is 3.44. The Balaban J connectivity index is 2.14. The largest absolute Gasteiger partial charge is 0.368 e. The van der Waals surface area contributed by atoms with Crippen LogP contribution in [0.4, 0.5) is 10.1 Å². The van der Waals surface area contributed by atoms with Crippen LogP contribution in [-0.4, -0.2) is 31.6 Å². The highest BCUT2D eigenvalue weighted by Gasteiger charge is 2.22. The maximum absolute atomic E-state index is 14.0. The van der Waals surface area contributed by atoms with Crippen LogP contribution in [0.2, 0.25) is 0 Å². The first-order valence-corrected chi connectivity index (χ1v) is 7.11. The van der Waals surface area contributed by atoms with Gasteiger partial charge in [0, 0.05) is 25.4 Å². The molecule has 1 N–H and O–H groups in total. The van der Waals surface area contributed by atoms with Gasteiger partial charge in [-0.3, -0.25) is 0 Å². The molecule has 0 saturated carbocycles. The van der Waals surface area contributed by atoms with Crippen molar-refractivity contribution in [2.24, 2.45) is 0 Å². The lowest BCUT2D eigenvalue weighted by Crippen LogP contribution is -2.31. The van der Waals surface area contributed by atoms with Crippen molar-refractivity contribution in [2.75, 3.05) is 30.5 Å². The summed E-state index contributed by atoms with van der Waals surface area (Å²) in [6.45, 7) is 0.709. The zero-order valence-corrected chi connectivity index (χ0v) is 11.2. The molecular formula is C13H19FN2S. The van der Waals surface area contributed by atoms with Gasteiger partial charge in [0.25, 0.3) is 0 Å². The highest BCUT2D eigenvalue weighted by molar-refractivity contribution is 7.99. The second-order valence-electron chi connectivity index (χ2n) is 4.44.